The first-order valence-electron chi connectivity index (χ1n) is 11.9. The highest BCUT2D eigenvalue weighted by Crippen LogP contribution is 2.21. The fraction of sp³-hybridized carbons (Fsp3) is 0.286. The molecule has 3 aromatic carbocycles. The molecule has 7 nitrogen and oxygen atoms in total. The quantitative estimate of drug-likeness (QED) is 0.519. The molecule has 0 unspecified atom stereocenters. The molecule has 0 aromatic heterocycles. The average molecular weight is 473 g/mol. The van der Waals surface area contributed by atoms with E-state index in [1.54, 1.807) is 25.3 Å². The van der Waals surface area contributed by atoms with Crippen LogP contribution in [0.3, 0.4) is 0 Å². The number of carbonyl (C=O) groups is 2. The summed E-state index contributed by atoms with van der Waals surface area (Å²) < 4.78 is 5.23. The van der Waals surface area contributed by atoms with E-state index in [9.17, 15) is 9.59 Å². The molecule has 1 atom stereocenters. The summed E-state index contributed by atoms with van der Waals surface area (Å²) in [5.74, 6) is 0.497. The number of hydrogen-bond acceptors (Lipinski definition) is 5. The summed E-state index contributed by atoms with van der Waals surface area (Å²) in [7, 11) is 1.66. The van der Waals surface area contributed by atoms with Crippen LogP contribution >= 0.6 is 0 Å². The number of rotatable bonds is 8. The van der Waals surface area contributed by atoms with Gasteiger partial charge in [-0.1, -0.05) is 42.5 Å². The highest BCUT2D eigenvalue weighted by Gasteiger charge is 2.21. The Balaban J connectivity index is 1.30. The van der Waals surface area contributed by atoms with E-state index >= 15 is 0 Å². The van der Waals surface area contributed by atoms with Crippen molar-refractivity contribution in [1.82, 2.24) is 10.2 Å². The zero-order valence-corrected chi connectivity index (χ0v) is 20.2. The maximum Gasteiger partial charge on any atom is 0.253 e. The fourth-order valence-corrected chi connectivity index (χ4v) is 4.24. The number of nitrogens with zero attached hydrogens (tertiary/aromatic N) is 2. The second-order valence-electron chi connectivity index (χ2n) is 8.66. The third kappa shape index (κ3) is 6.39. The Bertz CT molecular complexity index is 1130. The molecular formula is C28H32N4O3. The predicted molar refractivity (Wildman–Crippen MR) is 139 cm³/mol. The SMILES string of the molecule is COc1ccc(N2CCN(CC(=O)Nc3ccccc3C(=O)N[C@H](C)c3ccccc3)CC2)cc1. The lowest BCUT2D eigenvalue weighted by Crippen LogP contribution is -2.48. The molecule has 0 saturated carbocycles. The van der Waals surface area contributed by atoms with Gasteiger partial charge in [-0.05, 0) is 48.9 Å². The summed E-state index contributed by atoms with van der Waals surface area (Å²) >= 11 is 0. The van der Waals surface area contributed by atoms with Crippen molar-refractivity contribution in [1.29, 1.82) is 0 Å². The zero-order valence-electron chi connectivity index (χ0n) is 20.2. The molecule has 1 fully saturated rings. The highest BCUT2D eigenvalue weighted by atomic mass is 16.5. The summed E-state index contributed by atoms with van der Waals surface area (Å²) in [5.41, 5.74) is 3.15. The molecular weight excluding hydrogens is 440 g/mol. The van der Waals surface area contributed by atoms with Crippen molar-refractivity contribution in [3.8, 4) is 5.75 Å². The molecule has 0 bridgehead atoms. The van der Waals surface area contributed by atoms with E-state index in [1.807, 2.05) is 55.5 Å². The van der Waals surface area contributed by atoms with Gasteiger partial charge in [-0.15, -0.1) is 0 Å². The van der Waals surface area contributed by atoms with Gasteiger partial charge in [-0.25, -0.2) is 0 Å². The van der Waals surface area contributed by atoms with Crippen LogP contribution in [0.2, 0.25) is 0 Å². The van der Waals surface area contributed by atoms with Crippen LogP contribution in [0.15, 0.2) is 78.9 Å². The highest BCUT2D eigenvalue weighted by molar-refractivity contribution is 6.04. The number of anilines is 2. The van der Waals surface area contributed by atoms with E-state index in [4.69, 9.17) is 4.74 Å². The van der Waals surface area contributed by atoms with Crippen molar-refractivity contribution >= 4 is 23.2 Å². The van der Waals surface area contributed by atoms with Gasteiger partial charge in [0.05, 0.1) is 30.9 Å². The number of benzene rings is 3. The van der Waals surface area contributed by atoms with Crippen molar-refractivity contribution in [2.24, 2.45) is 0 Å². The molecule has 0 aliphatic carbocycles. The van der Waals surface area contributed by atoms with Crippen LogP contribution in [0.25, 0.3) is 0 Å². The smallest absolute Gasteiger partial charge is 0.253 e. The normalized spacial score (nSPS) is 14.7. The van der Waals surface area contributed by atoms with Gasteiger partial charge in [-0.2, -0.15) is 0 Å². The van der Waals surface area contributed by atoms with Crippen LogP contribution in [0.5, 0.6) is 5.75 Å². The fourth-order valence-electron chi connectivity index (χ4n) is 4.24. The predicted octanol–water partition coefficient (Wildman–Crippen LogP) is 3.95. The maximum absolute atomic E-state index is 12.9. The van der Waals surface area contributed by atoms with Crippen LogP contribution in [-0.2, 0) is 4.79 Å². The summed E-state index contributed by atoms with van der Waals surface area (Å²) in [6, 6.07) is 24.8. The van der Waals surface area contributed by atoms with E-state index < -0.39 is 0 Å². The lowest BCUT2D eigenvalue weighted by Gasteiger charge is -2.35. The van der Waals surface area contributed by atoms with E-state index in [0.29, 0.717) is 11.3 Å². The first-order chi connectivity index (χ1) is 17.0. The van der Waals surface area contributed by atoms with Gasteiger partial charge in [0.15, 0.2) is 0 Å². The monoisotopic (exact) mass is 472 g/mol. The van der Waals surface area contributed by atoms with Crippen molar-refractivity contribution in [2.75, 3.05) is 50.1 Å². The maximum atomic E-state index is 12.9. The molecule has 4 rings (SSSR count). The van der Waals surface area contributed by atoms with Gasteiger partial charge in [0.2, 0.25) is 5.91 Å². The number of piperazine rings is 1. The van der Waals surface area contributed by atoms with Gasteiger partial charge in [-0.3, -0.25) is 14.5 Å². The molecule has 2 amide bonds. The van der Waals surface area contributed by atoms with E-state index in [0.717, 1.165) is 43.2 Å². The largest absolute Gasteiger partial charge is 0.497 e. The van der Waals surface area contributed by atoms with Crippen LogP contribution in [-0.4, -0.2) is 56.5 Å². The average Bonchev–Trinajstić information content (AvgIpc) is 2.90. The second kappa shape index (κ2) is 11.5. The Labute approximate surface area is 206 Å². The second-order valence-corrected chi connectivity index (χ2v) is 8.66. The van der Waals surface area contributed by atoms with Crippen LogP contribution < -0.4 is 20.3 Å². The minimum Gasteiger partial charge on any atom is -0.497 e. The molecule has 0 radical (unpaired) electrons. The Kier molecular flexibility index (Phi) is 8.00. The summed E-state index contributed by atoms with van der Waals surface area (Å²) in [6.45, 7) is 5.49. The molecule has 1 saturated heterocycles. The molecule has 182 valence electrons. The van der Waals surface area contributed by atoms with Crippen LogP contribution in [0.1, 0.15) is 28.9 Å². The van der Waals surface area contributed by atoms with Gasteiger partial charge >= 0.3 is 0 Å². The standard InChI is InChI=1S/C28H32N4O3/c1-21(22-8-4-3-5-9-22)29-28(34)25-10-6-7-11-26(25)30-27(33)20-31-16-18-32(19-17-31)23-12-14-24(35-2)15-13-23/h3-15,21H,16-20H2,1-2H3,(H,29,34)(H,30,33)/t21-/m1/s1. The third-order valence-corrected chi connectivity index (χ3v) is 6.27. The van der Waals surface area contributed by atoms with Gasteiger partial charge < -0.3 is 20.3 Å². The van der Waals surface area contributed by atoms with E-state index in [2.05, 4.69) is 32.6 Å². The topological polar surface area (TPSA) is 73.9 Å². The molecule has 7 heteroatoms. The Morgan fingerprint density at radius 1 is 0.886 bits per heavy atom. The molecule has 35 heavy (non-hydrogen) atoms. The van der Waals surface area contributed by atoms with E-state index in [-0.39, 0.29) is 24.4 Å². The summed E-state index contributed by atoms with van der Waals surface area (Å²) in [5, 5.41) is 5.96. The Morgan fingerprint density at radius 3 is 2.23 bits per heavy atom. The van der Waals surface area contributed by atoms with Crippen molar-refractivity contribution < 1.29 is 14.3 Å². The molecule has 1 aliphatic heterocycles. The zero-order chi connectivity index (χ0) is 24.6. The minimum absolute atomic E-state index is 0.126. The number of methoxy groups -OCH3 is 1. The lowest BCUT2D eigenvalue weighted by atomic mass is 10.1. The number of carbonyl (C=O) groups excluding carboxylic acids is 2. The van der Waals surface area contributed by atoms with Gasteiger partial charge in [0.1, 0.15) is 5.75 Å². The first kappa shape index (κ1) is 24.3. The third-order valence-electron chi connectivity index (χ3n) is 6.27. The number of amides is 2. The summed E-state index contributed by atoms with van der Waals surface area (Å²) in [4.78, 5) is 30.2. The Hall–Kier alpha value is -3.84. The van der Waals surface area contributed by atoms with E-state index in [1.165, 1.54) is 0 Å². The Morgan fingerprint density at radius 2 is 1.54 bits per heavy atom. The van der Waals surface area contributed by atoms with Crippen LogP contribution in [0.4, 0.5) is 11.4 Å². The van der Waals surface area contributed by atoms with Crippen molar-refractivity contribution in [2.45, 2.75) is 13.0 Å². The van der Waals surface area contributed by atoms with Crippen molar-refractivity contribution in [3.05, 3.63) is 90.0 Å². The summed E-state index contributed by atoms with van der Waals surface area (Å²) in [6.07, 6.45) is 0. The molecule has 1 heterocycles. The number of hydrogen-bond donors (Lipinski definition) is 2. The van der Waals surface area contributed by atoms with Crippen LogP contribution in [0, 0.1) is 0 Å². The minimum atomic E-state index is -0.217. The lowest BCUT2D eigenvalue weighted by molar-refractivity contribution is -0.117. The molecule has 1 aliphatic rings. The molecule has 3 aromatic rings. The van der Waals surface area contributed by atoms with Crippen molar-refractivity contribution in [3.63, 3.8) is 0 Å². The first-order valence-corrected chi connectivity index (χ1v) is 11.9. The molecule has 2 N–H and O–H groups in total. The number of ether oxygens (including phenoxy) is 1. The van der Waals surface area contributed by atoms with Gasteiger partial charge in [0, 0.05) is 31.9 Å². The molecule has 0 spiro atoms. The number of nitrogens with one attached hydrogen (secondary N) is 2. The van der Waals surface area contributed by atoms with Gasteiger partial charge in [0.25, 0.3) is 5.91 Å². The number of para-hydroxylation sites is 1.